The first kappa shape index (κ1) is 57.1. The van der Waals surface area contributed by atoms with Crippen molar-refractivity contribution in [1.82, 2.24) is 40.9 Å². The lowest BCUT2D eigenvalue weighted by molar-refractivity contribution is 0.0182. The average Bonchev–Trinajstić information content (AvgIpc) is 3.86. The summed E-state index contributed by atoms with van der Waals surface area (Å²) in [6.07, 6.45) is 0.179. The van der Waals surface area contributed by atoms with E-state index in [1.807, 2.05) is 69.2 Å². The summed E-state index contributed by atoms with van der Waals surface area (Å²) in [6, 6.07) is 9.65. The molecule has 392 valence electrons. The van der Waals surface area contributed by atoms with E-state index in [0.717, 1.165) is 46.5 Å². The lowest BCUT2D eigenvalue weighted by Crippen LogP contribution is -2.29. The molecule has 0 aliphatic carbocycles. The predicted molar refractivity (Wildman–Crippen MR) is 279 cm³/mol. The summed E-state index contributed by atoms with van der Waals surface area (Å²) in [4.78, 5) is 19.1. The third-order valence-corrected chi connectivity index (χ3v) is 12.4. The predicted octanol–water partition coefficient (Wildman–Crippen LogP) is 8.61. The fourth-order valence-corrected chi connectivity index (χ4v) is 7.62. The van der Waals surface area contributed by atoms with E-state index in [1.54, 1.807) is 52.6 Å². The van der Waals surface area contributed by atoms with Crippen LogP contribution in [-0.4, -0.2) is 132 Å². The first-order valence-electron chi connectivity index (χ1n) is 23.8. The molecule has 6 N–H and O–H groups in total. The number of ether oxygens (including phenoxy) is 4. The molecule has 6 aromatic rings. The maximum absolute atomic E-state index is 15.0. The zero-order chi connectivity index (χ0) is 52.9. The Balaban J connectivity index is 0.000000267. The molecule has 0 amide bonds. The molecule has 6 rings (SSSR count). The van der Waals surface area contributed by atoms with Gasteiger partial charge < -0.3 is 59.5 Å². The van der Waals surface area contributed by atoms with Crippen LogP contribution in [0.3, 0.4) is 0 Å². The Morgan fingerprint density at radius 2 is 1.06 bits per heavy atom. The first-order chi connectivity index (χ1) is 34.1. The molecule has 18 nitrogen and oxygen atoms in total. The first-order valence-corrected chi connectivity index (χ1v) is 24.2. The van der Waals surface area contributed by atoms with Gasteiger partial charge in [-0.25, -0.2) is 24.3 Å². The molecule has 0 aliphatic heterocycles. The van der Waals surface area contributed by atoms with Crippen LogP contribution in [0, 0.1) is 47.4 Å². The highest BCUT2D eigenvalue weighted by atomic mass is 35.5. The molecule has 0 fully saturated rings. The summed E-state index contributed by atoms with van der Waals surface area (Å²) >= 11 is 6.60. The van der Waals surface area contributed by atoms with Crippen LogP contribution in [0.4, 0.5) is 16.0 Å². The molecule has 2 atom stereocenters. The highest BCUT2D eigenvalue weighted by Crippen LogP contribution is 2.37. The molecule has 2 aromatic carbocycles. The normalized spacial score (nSPS) is 12.6. The van der Waals surface area contributed by atoms with E-state index in [4.69, 9.17) is 54.5 Å². The number of benzene rings is 2. The van der Waals surface area contributed by atoms with E-state index in [2.05, 4.69) is 36.6 Å². The van der Waals surface area contributed by atoms with Crippen molar-refractivity contribution in [1.29, 1.82) is 0 Å². The van der Waals surface area contributed by atoms with Gasteiger partial charge in [-0.15, -0.1) is 0 Å². The van der Waals surface area contributed by atoms with E-state index < -0.39 is 18.0 Å². The van der Waals surface area contributed by atoms with Crippen molar-refractivity contribution in [3.63, 3.8) is 0 Å². The van der Waals surface area contributed by atoms with Crippen molar-refractivity contribution in [2.75, 3.05) is 78.3 Å². The number of halogens is 2. The maximum atomic E-state index is 15.0. The number of hydrogen-bond acceptors (Lipinski definition) is 18. The second kappa shape index (κ2) is 25.7. The highest BCUT2D eigenvalue weighted by molar-refractivity contribution is 6.33. The molecule has 4 heterocycles. The number of aliphatic hydroxyl groups excluding tert-OH is 2. The van der Waals surface area contributed by atoms with Crippen molar-refractivity contribution >= 4 is 23.2 Å². The summed E-state index contributed by atoms with van der Waals surface area (Å²) in [5.74, 6) is 3.67. The smallest absolute Gasteiger partial charge is 0.165 e. The third kappa shape index (κ3) is 15.1. The van der Waals surface area contributed by atoms with E-state index in [9.17, 15) is 10.2 Å². The average molecular weight is 1020 g/mol. The Kier molecular flexibility index (Phi) is 20.4. The van der Waals surface area contributed by atoms with Crippen LogP contribution in [0.25, 0.3) is 45.3 Å². The number of nitrogens with one attached hydrogen (secondary N) is 4. The molecule has 0 spiro atoms. The van der Waals surface area contributed by atoms with Gasteiger partial charge in [-0.2, -0.15) is 0 Å². The number of methoxy groups -OCH3 is 2. The van der Waals surface area contributed by atoms with Gasteiger partial charge in [0.1, 0.15) is 65.9 Å². The van der Waals surface area contributed by atoms with Crippen LogP contribution in [-0.2, 0) is 9.47 Å². The van der Waals surface area contributed by atoms with Crippen molar-refractivity contribution < 1.29 is 42.6 Å². The largest absolute Gasteiger partial charge is 0.491 e. The quantitative estimate of drug-likeness (QED) is 0.0333. The molecule has 2 unspecified atom stereocenters. The molecule has 72 heavy (non-hydrogen) atoms. The molecule has 0 aliphatic rings. The van der Waals surface area contributed by atoms with Gasteiger partial charge in [0.15, 0.2) is 11.6 Å². The fourth-order valence-electron chi connectivity index (χ4n) is 7.42. The Morgan fingerprint density at radius 3 is 1.46 bits per heavy atom. The number of aryl methyl sites for hydroxylation is 4. The number of rotatable bonds is 24. The van der Waals surface area contributed by atoms with Crippen LogP contribution >= 0.6 is 11.6 Å². The van der Waals surface area contributed by atoms with Crippen molar-refractivity contribution in [3.8, 4) is 56.8 Å². The second-order valence-electron chi connectivity index (χ2n) is 18.7. The number of anilines is 2. The fraction of sp³-hybridized carbons (Fsp3) is 0.500. The lowest BCUT2D eigenvalue weighted by atomic mass is 10.0. The monoisotopic (exact) mass is 1020 g/mol. The van der Waals surface area contributed by atoms with Gasteiger partial charge in [-0.05, 0) is 133 Å². The summed E-state index contributed by atoms with van der Waals surface area (Å²) in [6.45, 7) is 21.7. The SMILES string of the molecule is CNCC(O)COc1ccc(Cl)c(-c2nc(NCCC(C)(C)OC)c(C)c(-c3c(C)noc3C)n2)c1.CNCC(O)COc1ccc(F)c(-c2nc(NCCC(C)(C)OC)c(C)c(-c3c(C)noc3C)n2)c1. The zero-order valence-electron chi connectivity index (χ0n) is 44.1. The van der Waals surface area contributed by atoms with Gasteiger partial charge in [-0.3, -0.25) is 0 Å². The van der Waals surface area contributed by atoms with E-state index in [1.165, 1.54) is 12.1 Å². The van der Waals surface area contributed by atoms with Crippen LogP contribution in [0.15, 0.2) is 45.4 Å². The van der Waals surface area contributed by atoms with Crippen molar-refractivity contribution in [3.05, 3.63) is 81.3 Å². The van der Waals surface area contributed by atoms with Gasteiger partial charge in [-0.1, -0.05) is 21.9 Å². The third-order valence-electron chi connectivity index (χ3n) is 12.1. The molecule has 0 saturated heterocycles. The summed E-state index contributed by atoms with van der Waals surface area (Å²) in [5, 5.41) is 41.2. The second-order valence-corrected chi connectivity index (χ2v) is 19.2. The lowest BCUT2D eigenvalue weighted by Gasteiger charge is -2.23. The topological polar surface area (TPSA) is 229 Å². The van der Waals surface area contributed by atoms with Gasteiger partial charge in [0.05, 0.1) is 55.7 Å². The molecule has 0 saturated carbocycles. The number of likely N-dealkylation sites (N-methyl/N-ethyl adjacent to an activating group) is 2. The number of aliphatic hydroxyl groups is 2. The Morgan fingerprint density at radius 1 is 0.639 bits per heavy atom. The molecule has 0 radical (unpaired) electrons. The molecule has 4 aromatic heterocycles. The van der Waals surface area contributed by atoms with E-state index >= 15 is 4.39 Å². The van der Waals surface area contributed by atoms with Gasteiger partial charge in [0.25, 0.3) is 0 Å². The molecular weight excluding hydrogens is 947 g/mol. The Labute approximate surface area is 427 Å². The van der Waals surface area contributed by atoms with E-state index in [0.29, 0.717) is 88.6 Å². The molecular formula is C52H72ClFN10O8. The number of aromatic nitrogens is 6. The van der Waals surface area contributed by atoms with Crippen molar-refractivity contribution in [2.24, 2.45) is 0 Å². The van der Waals surface area contributed by atoms with Crippen LogP contribution in [0.1, 0.15) is 74.6 Å². The van der Waals surface area contributed by atoms with Crippen LogP contribution in [0.5, 0.6) is 11.5 Å². The standard InChI is InChI=1S/C26H36ClN5O4.C26H36FN5O4/c2*1-15-23(22-16(2)32-36-17(22)3)30-25(31-24(15)29-11-10-26(4,5)34-7)20-12-19(8-9-21(20)27)35-14-18(33)13-28-6/h2*8-9,12,18,28,33H,10-11,13-14H2,1-7H3,(H,29,30,31). The number of hydrogen-bond donors (Lipinski definition) is 6. The minimum atomic E-state index is -0.697. The summed E-state index contributed by atoms with van der Waals surface area (Å²) in [5.41, 5.74) is 6.23. The van der Waals surface area contributed by atoms with Crippen LogP contribution < -0.4 is 30.7 Å². The molecule has 20 heteroatoms. The number of nitrogens with zero attached hydrogens (tertiary/aromatic N) is 6. The van der Waals surface area contributed by atoms with Gasteiger partial charge in [0.2, 0.25) is 0 Å². The van der Waals surface area contributed by atoms with Crippen LogP contribution in [0.2, 0.25) is 5.02 Å². The van der Waals surface area contributed by atoms with E-state index in [-0.39, 0.29) is 35.8 Å². The highest BCUT2D eigenvalue weighted by Gasteiger charge is 2.25. The van der Waals surface area contributed by atoms with Gasteiger partial charge >= 0.3 is 0 Å². The zero-order valence-corrected chi connectivity index (χ0v) is 44.8. The molecule has 0 bridgehead atoms. The minimum Gasteiger partial charge on any atom is -0.491 e. The maximum Gasteiger partial charge on any atom is 0.165 e. The summed E-state index contributed by atoms with van der Waals surface area (Å²) in [7, 11) is 6.90. The minimum absolute atomic E-state index is 0.0626. The summed E-state index contributed by atoms with van der Waals surface area (Å²) < 4.78 is 48.4. The van der Waals surface area contributed by atoms with Crippen molar-refractivity contribution in [2.45, 2.75) is 105 Å². The Bertz CT molecular complexity index is 2510. The Hall–Kier alpha value is -5.80. The van der Waals surface area contributed by atoms with Gasteiger partial charge in [0, 0.05) is 57.1 Å².